The molecule has 6 rings (SSSR count). The molecule has 3 aromatic heterocycles. The Bertz CT molecular complexity index is 2190. The van der Waals surface area contributed by atoms with E-state index in [2.05, 4.69) is 33.5 Å². The Hall–Kier alpha value is -2.91. The third-order valence-corrected chi connectivity index (χ3v) is 13.8. The van der Waals surface area contributed by atoms with Crippen molar-refractivity contribution in [2.75, 3.05) is 32.0 Å². The van der Waals surface area contributed by atoms with Crippen LogP contribution in [-0.2, 0) is 45.8 Å². The molecular weight excluding hydrogens is 835 g/mol. The number of nitrogens with zero attached hydrogens (tertiary/aromatic N) is 6. The molecule has 0 spiro atoms. The molecule has 2 fully saturated rings. The van der Waals surface area contributed by atoms with Gasteiger partial charge in [-0.15, -0.1) is 11.8 Å². The summed E-state index contributed by atoms with van der Waals surface area (Å²) in [5, 5.41) is 20.8. The number of thioether (sulfide) groups is 1. The molecule has 11 N–H and O–H groups in total. The zero-order valence-electron chi connectivity index (χ0n) is 29.1. The highest BCUT2D eigenvalue weighted by molar-refractivity contribution is 7.99. The first-order chi connectivity index (χ1) is 26.3. The SMILES string of the molecule is CCC1=C(N)c2ncn([C@@H]3O[C@H](COP(=O)(O)OP(=O)(O)OP(=O)(O)O)[C@@H](SCOC[C@H]4O[C@@H](n5cnc6c(=O)[nH]c(N)nc65)[C@H](O)[C@@H]4O)[C@H]3OC)c2N=CC1. The van der Waals surface area contributed by atoms with E-state index in [0.29, 0.717) is 30.1 Å². The summed E-state index contributed by atoms with van der Waals surface area (Å²) in [6.45, 7) is 0.836. The van der Waals surface area contributed by atoms with Crippen LogP contribution < -0.4 is 17.0 Å². The molecule has 3 aliphatic heterocycles. The second-order valence-electron chi connectivity index (χ2n) is 12.3. The normalized spacial score (nSPS) is 29.1. The van der Waals surface area contributed by atoms with E-state index < -0.39 is 83.9 Å². The van der Waals surface area contributed by atoms with E-state index >= 15 is 0 Å². The maximum absolute atomic E-state index is 12.6. The average Bonchev–Trinajstić information content (AvgIpc) is 3.84. The van der Waals surface area contributed by atoms with Crippen LogP contribution in [0.15, 0.2) is 28.0 Å². The lowest BCUT2D eigenvalue weighted by Gasteiger charge is -2.24. The van der Waals surface area contributed by atoms with Gasteiger partial charge in [0.1, 0.15) is 30.1 Å². The van der Waals surface area contributed by atoms with Crippen LogP contribution in [0.25, 0.3) is 16.9 Å². The fourth-order valence-electron chi connectivity index (χ4n) is 6.22. The Labute approximate surface area is 319 Å². The van der Waals surface area contributed by atoms with Crippen molar-refractivity contribution in [1.29, 1.82) is 0 Å². The molecule has 30 heteroatoms. The Morgan fingerprint density at radius 1 is 0.982 bits per heavy atom. The molecule has 0 radical (unpaired) electrons. The average molecular weight is 874 g/mol. The first-order valence-corrected chi connectivity index (χ1v) is 21.9. The van der Waals surface area contributed by atoms with Crippen LogP contribution in [0.5, 0.6) is 0 Å². The molecule has 0 bridgehead atoms. The van der Waals surface area contributed by atoms with Gasteiger partial charge in [0.05, 0.1) is 48.9 Å². The fraction of sp³-hybridized carbons (Fsp3) is 0.577. The zero-order chi connectivity index (χ0) is 40.7. The predicted octanol–water partition coefficient (Wildman–Crippen LogP) is -0.265. The van der Waals surface area contributed by atoms with E-state index in [9.17, 15) is 38.5 Å². The molecule has 0 amide bonds. The number of aliphatic hydroxyl groups is 2. The summed E-state index contributed by atoms with van der Waals surface area (Å²) >= 11 is 1.05. The number of aromatic amines is 1. The van der Waals surface area contributed by atoms with Crippen molar-refractivity contribution in [3.8, 4) is 0 Å². The number of nitrogen functional groups attached to an aromatic ring is 1. The molecule has 0 aliphatic carbocycles. The summed E-state index contributed by atoms with van der Waals surface area (Å²) in [5.74, 6) is -0.0540. The number of nitrogens with one attached hydrogen (secondary N) is 1. The van der Waals surface area contributed by atoms with Gasteiger partial charge in [0.2, 0.25) is 5.95 Å². The largest absolute Gasteiger partial charge is 0.490 e. The molecule has 2 saturated heterocycles. The number of aliphatic imine (C=N–C) groups is 1. The summed E-state index contributed by atoms with van der Waals surface area (Å²) in [7, 11) is -15.6. The van der Waals surface area contributed by atoms with E-state index in [-0.39, 0.29) is 29.7 Å². The van der Waals surface area contributed by atoms with Crippen molar-refractivity contribution < 1.29 is 75.6 Å². The number of H-pyrrole nitrogens is 1. The first-order valence-electron chi connectivity index (χ1n) is 16.3. The lowest BCUT2D eigenvalue weighted by Crippen LogP contribution is -2.35. The van der Waals surface area contributed by atoms with E-state index in [1.807, 2.05) is 6.92 Å². The van der Waals surface area contributed by atoms with Crippen LogP contribution in [0.3, 0.4) is 0 Å². The van der Waals surface area contributed by atoms with Crippen LogP contribution >= 0.6 is 35.2 Å². The van der Waals surface area contributed by atoms with Crippen molar-refractivity contribution in [1.82, 2.24) is 29.1 Å². The van der Waals surface area contributed by atoms with Crippen molar-refractivity contribution >= 4 is 70.1 Å². The minimum atomic E-state index is -5.81. The molecule has 2 unspecified atom stereocenters. The Balaban J connectivity index is 1.18. The Kier molecular flexibility index (Phi) is 12.8. The van der Waals surface area contributed by atoms with Gasteiger partial charge in [-0.2, -0.15) is 13.6 Å². The van der Waals surface area contributed by atoms with Crippen LogP contribution in [0.1, 0.15) is 37.9 Å². The molecule has 10 atom stereocenters. The standard InChI is InChI=1S/C26H38N9O17P3S/c1-3-11-4-5-29-21-15(14(11)27)30-8-34(21)25-19(46-2)20(13(50-25)7-48-54(42,43)52-55(44,45)51-53(39,40)41)56-10-47-6-12-17(36)18(37)24(49-12)35-9-31-16-22(35)32-26(28)33-23(16)38/h5,8-9,12-13,17-20,24-25,36-37H,3-4,6-7,10,27H2,1-2H3,(H,42,43)(H,44,45)(H2,39,40,41)(H3,28,32,33,38)/t12-,13-,17-,18-,19-,20-,24-,25-/m1/s1. The number of nitrogens with two attached hydrogens (primary N) is 2. The predicted molar refractivity (Wildman–Crippen MR) is 192 cm³/mol. The molecule has 26 nitrogen and oxygen atoms in total. The van der Waals surface area contributed by atoms with Crippen LogP contribution in [0.2, 0.25) is 0 Å². The molecule has 310 valence electrons. The molecule has 3 aromatic rings. The summed E-state index contributed by atoms with van der Waals surface area (Å²) in [6.07, 6.45) is -3.02. The van der Waals surface area contributed by atoms with Gasteiger partial charge in [0.15, 0.2) is 29.4 Å². The number of aliphatic hydroxyl groups excluding tert-OH is 2. The van der Waals surface area contributed by atoms with E-state index in [0.717, 1.165) is 17.3 Å². The molecule has 6 heterocycles. The highest BCUT2D eigenvalue weighted by Gasteiger charge is 2.50. The second kappa shape index (κ2) is 16.8. The number of methoxy groups -OCH3 is 1. The summed E-state index contributed by atoms with van der Waals surface area (Å²) < 4.78 is 74.7. The number of rotatable bonds is 16. The van der Waals surface area contributed by atoms with Gasteiger partial charge in [0, 0.05) is 19.7 Å². The van der Waals surface area contributed by atoms with Crippen molar-refractivity contribution in [2.45, 2.75) is 68.0 Å². The smallest absolute Gasteiger partial charge is 0.397 e. The first kappa shape index (κ1) is 42.7. The lowest BCUT2D eigenvalue weighted by molar-refractivity contribution is -0.0598. The minimum absolute atomic E-state index is 0.00760. The zero-order valence-corrected chi connectivity index (χ0v) is 32.6. The quantitative estimate of drug-likeness (QED) is 0.0508. The van der Waals surface area contributed by atoms with Crippen molar-refractivity contribution in [3.63, 3.8) is 0 Å². The third kappa shape index (κ3) is 9.19. The van der Waals surface area contributed by atoms with Gasteiger partial charge in [-0.3, -0.25) is 23.4 Å². The molecular formula is C26H38N9O17P3S. The lowest BCUT2D eigenvalue weighted by atomic mass is 10.1. The van der Waals surface area contributed by atoms with Gasteiger partial charge < -0.3 is 60.2 Å². The third-order valence-electron chi connectivity index (χ3n) is 8.72. The molecule has 0 aromatic carbocycles. The van der Waals surface area contributed by atoms with Crippen LogP contribution in [-0.4, -0.2) is 127 Å². The fourth-order valence-corrected chi connectivity index (χ4v) is 10.4. The van der Waals surface area contributed by atoms with E-state index in [1.54, 1.807) is 6.21 Å². The molecule has 3 aliphatic rings. The number of phosphoric ester groups is 1. The van der Waals surface area contributed by atoms with Crippen LogP contribution in [0.4, 0.5) is 11.8 Å². The minimum Gasteiger partial charge on any atom is -0.397 e. The number of hydrogen-bond donors (Lipinski definition) is 9. The van der Waals surface area contributed by atoms with Crippen molar-refractivity contribution in [2.24, 2.45) is 10.7 Å². The molecule has 56 heavy (non-hydrogen) atoms. The maximum atomic E-state index is 12.6. The highest BCUT2D eigenvalue weighted by atomic mass is 32.2. The number of allylic oxidation sites excluding steroid dienone is 1. The van der Waals surface area contributed by atoms with Gasteiger partial charge >= 0.3 is 23.5 Å². The highest BCUT2D eigenvalue weighted by Crippen LogP contribution is 2.66. The number of phosphoric acid groups is 3. The number of hydrogen-bond acceptors (Lipinski definition) is 20. The van der Waals surface area contributed by atoms with E-state index in [1.165, 1.54) is 28.9 Å². The number of fused-ring (bicyclic) bond motifs is 2. The maximum Gasteiger partial charge on any atom is 0.490 e. The summed E-state index contributed by atoms with van der Waals surface area (Å²) in [5.41, 5.74) is 13.1. The number of aromatic nitrogens is 6. The topological polar surface area (TPSA) is 383 Å². The van der Waals surface area contributed by atoms with Crippen LogP contribution in [0, 0.1) is 0 Å². The van der Waals surface area contributed by atoms with Gasteiger partial charge in [-0.05, 0) is 12.0 Å². The Morgan fingerprint density at radius 3 is 2.39 bits per heavy atom. The summed E-state index contributed by atoms with van der Waals surface area (Å²) in [6, 6.07) is 0. The summed E-state index contributed by atoms with van der Waals surface area (Å²) in [4.78, 5) is 69.0. The van der Waals surface area contributed by atoms with Gasteiger partial charge in [-0.25, -0.2) is 28.7 Å². The van der Waals surface area contributed by atoms with Crippen molar-refractivity contribution in [3.05, 3.63) is 34.3 Å². The Morgan fingerprint density at radius 2 is 1.70 bits per heavy atom. The van der Waals surface area contributed by atoms with Gasteiger partial charge in [0.25, 0.3) is 5.56 Å². The van der Waals surface area contributed by atoms with Gasteiger partial charge in [-0.1, -0.05) is 6.92 Å². The number of ether oxygens (including phenoxy) is 4. The monoisotopic (exact) mass is 873 g/mol. The molecule has 0 saturated carbocycles. The second-order valence-corrected chi connectivity index (χ2v) is 17.8. The number of anilines is 1. The van der Waals surface area contributed by atoms with E-state index in [4.69, 9.17) is 44.7 Å². The number of imidazole rings is 2.